The number of hydrogen-bond donors (Lipinski definition) is 2. The van der Waals surface area contributed by atoms with Crippen LogP contribution in [0.4, 0.5) is 26.3 Å². The summed E-state index contributed by atoms with van der Waals surface area (Å²) in [5.41, 5.74) is 0. The molecule has 3 atom stereocenters. The first kappa shape index (κ1) is 15.6. The summed E-state index contributed by atoms with van der Waals surface area (Å²) in [5, 5.41) is 10.9. The fourth-order valence-corrected chi connectivity index (χ4v) is 2.15. The molecular weight excluding hydrogens is 264 g/mol. The van der Waals surface area contributed by atoms with Gasteiger partial charge in [-0.3, -0.25) is 0 Å². The average molecular weight is 279 g/mol. The standard InChI is InChI=1S/C10H15F6NO/c11-9(12,13)6-3-1-2-4-7(6)17-5-8(18)10(14,15)16/h6-8,17-18H,1-5H2/t6-,7+,8-/m1/s1. The number of rotatable bonds is 3. The van der Waals surface area contributed by atoms with Gasteiger partial charge in [0.05, 0.1) is 5.92 Å². The molecule has 8 heteroatoms. The lowest BCUT2D eigenvalue weighted by atomic mass is 9.84. The van der Waals surface area contributed by atoms with E-state index in [0.29, 0.717) is 12.8 Å². The summed E-state index contributed by atoms with van der Waals surface area (Å²) in [5.74, 6) is -1.63. The topological polar surface area (TPSA) is 32.3 Å². The van der Waals surface area contributed by atoms with Crippen LogP contribution < -0.4 is 5.32 Å². The Morgan fingerprint density at radius 3 is 2.11 bits per heavy atom. The summed E-state index contributed by atoms with van der Waals surface area (Å²) in [7, 11) is 0. The van der Waals surface area contributed by atoms with E-state index >= 15 is 0 Å². The monoisotopic (exact) mass is 279 g/mol. The van der Waals surface area contributed by atoms with Crippen LogP contribution >= 0.6 is 0 Å². The number of aliphatic hydroxyl groups is 1. The van der Waals surface area contributed by atoms with E-state index in [2.05, 4.69) is 5.32 Å². The van der Waals surface area contributed by atoms with Gasteiger partial charge in [-0.15, -0.1) is 0 Å². The number of alkyl halides is 6. The lowest BCUT2D eigenvalue weighted by molar-refractivity contribution is -0.206. The predicted octanol–water partition coefficient (Wildman–Crippen LogP) is 2.62. The van der Waals surface area contributed by atoms with E-state index < -0.39 is 37.0 Å². The van der Waals surface area contributed by atoms with Gasteiger partial charge in [0.1, 0.15) is 0 Å². The first-order valence-corrected chi connectivity index (χ1v) is 5.67. The Labute approximate surface area is 100 Å². The molecule has 1 aliphatic rings. The Morgan fingerprint density at radius 2 is 1.61 bits per heavy atom. The maximum Gasteiger partial charge on any atom is 0.415 e. The zero-order valence-electron chi connectivity index (χ0n) is 9.48. The summed E-state index contributed by atoms with van der Waals surface area (Å²) in [6.07, 6.45) is -10.8. The second-order valence-electron chi connectivity index (χ2n) is 4.50. The molecule has 0 amide bonds. The molecule has 0 aromatic carbocycles. The Balaban J connectivity index is 2.53. The minimum atomic E-state index is -4.81. The third-order valence-electron chi connectivity index (χ3n) is 3.14. The molecule has 1 rings (SSSR count). The fourth-order valence-electron chi connectivity index (χ4n) is 2.15. The van der Waals surface area contributed by atoms with E-state index in [1.165, 1.54) is 0 Å². The highest BCUT2D eigenvalue weighted by molar-refractivity contribution is 4.86. The van der Waals surface area contributed by atoms with Gasteiger partial charge in [-0.2, -0.15) is 26.3 Å². The Kier molecular flexibility index (Phi) is 4.88. The number of hydrogen-bond acceptors (Lipinski definition) is 2. The van der Waals surface area contributed by atoms with Crippen LogP contribution in [0.2, 0.25) is 0 Å². The predicted molar refractivity (Wildman–Crippen MR) is 51.9 cm³/mol. The van der Waals surface area contributed by atoms with Crippen molar-refractivity contribution in [3.8, 4) is 0 Å². The van der Waals surface area contributed by atoms with Crippen molar-refractivity contribution >= 4 is 0 Å². The molecule has 0 aromatic rings. The summed E-state index contributed by atoms with van der Waals surface area (Å²) < 4.78 is 73.9. The normalized spacial score (nSPS) is 28.2. The molecule has 0 saturated heterocycles. The molecule has 18 heavy (non-hydrogen) atoms. The van der Waals surface area contributed by atoms with Crippen LogP contribution in [0.1, 0.15) is 25.7 Å². The van der Waals surface area contributed by atoms with Crippen molar-refractivity contribution in [3.05, 3.63) is 0 Å². The molecule has 0 aromatic heterocycles. The lowest BCUT2D eigenvalue weighted by Gasteiger charge is -2.34. The second kappa shape index (κ2) is 5.64. The quantitative estimate of drug-likeness (QED) is 0.778. The van der Waals surface area contributed by atoms with Crippen molar-refractivity contribution in [3.63, 3.8) is 0 Å². The van der Waals surface area contributed by atoms with Crippen LogP contribution in [0.5, 0.6) is 0 Å². The molecule has 0 heterocycles. The minimum absolute atomic E-state index is 0.0801. The maximum absolute atomic E-state index is 12.6. The van der Waals surface area contributed by atoms with Crippen LogP contribution in [0.15, 0.2) is 0 Å². The maximum atomic E-state index is 12.6. The highest BCUT2D eigenvalue weighted by Crippen LogP contribution is 2.37. The molecule has 0 spiro atoms. The summed E-state index contributed by atoms with van der Waals surface area (Å²) in [6, 6.07) is -1.05. The summed E-state index contributed by atoms with van der Waals surface area (Å²) >= 11 is 0. The van der Waals surface area contributed by atoms with Crippen molar-refractivity contribution in [2.24, 2.45) is 5.92 Å². The first-order chi connectivity index (χ1) is 8.12. The van der Waals surface area contributed by atoms with E-state index in [1.807, 2.05) is 0 Å². The average Bonchev–Trinajstić information content (AvgIpc) is 2.23. The zero-order chi connectivity index (χ0) is 14.0. The molecule has 2 nitrogen and oxygen atoms in total. The van der Waals surface area contributed by atoms with Gasteiger partial charge in [-0.1, -0.05) is 12.8 Å². The van der Waals surface area contributed by atoms with E-state index in [4.69, 9.17) is 5.11 Å². The van der Waals surface area contributed by atoms with Gasteiger partial charge in [0.2, 0.25) is 0 Å². The summed E-state index contributed by atoms with van der Waals surface area (Å²) in [6.45, 7) is -0.902. The lowest BCUT2D eigenvalue weighted by Crippen LogP contribution is -2.49. The number of aliphatic hydroxyl groups excluding tert-OH is 1. The molecule has 0 bridgehead atoms. The third kappa shape index (κ3) is 4.31. The van der Waals surface area contributed by atoms with Gasteiger partial charge in [-0.25, -0.2) is 0 Å². The fraction of sp³-hybridized carbons (Fsp3) is 1.00. The molecular formula is C10H15F6NO. The molecule has 0 aliphatic heterocycles. The Hall–Kier alpha value is -0.500. The van der Waals surface area contributed by atoms with Crippen LogP contribution in [0.3, 0.4) is 0 Å². The van der Waals surface area contributed by atoms with Crippen molar-refractivity contribution in [2.75, 3.05) is 6.54 Å². The minimum Gasteiger partial charge on any atom is -0.382 e. The van der Waals surface area contributed by atoms with Gasteiger partial charge in [0.25, 0.3) is 0 Å². The Morgan fingerprint density at radius 1 is 1.06 bits per heavy atom. The van der Waals surface area contributed by atoms with Crippen LogP contribution in [0, 0.1) is 5.92 Å². The van der Waals surface area contributed by atoms with Crippen molar-refractivity contribution in [2.45, 2.75) is 50.2 Å². The molecule has 1 aliphatic carbocycles. The number of halogens is 6. The van der Waals surface area contributed by atoms with Crippen molar-refractivity contribution < 1.29 is 31.4 Å². The molecule has 1 saturated carbocycles. The number of nitrogens with one attached hydrogen (secondary N) is 1. The van der Waals surface area contributed by atoms with Gasteiger partial charge in [-0.05, 0) is 12.8 Å². The highest BCUT2D eigenvalue weighted by atomic mass is 19.4. The Bertz CT molecular complexity index is 264. The van der Waals surface area contributed by atoms with Gasteiger partial charge >= 0.3 is 12.4 Å². The molecule has 108 valence electrons. The van der Waals surface area contributed by atoms with E-state index in [-0.39, 0.29) is 12.8 Å². The van der Waals surface area contributed by atoms with Crippen LogP contribution in [0.25, 0.3) is 0 Å². The zero-order valence-corrected chi connectivity index (χ0v) is 9.48. The van der Waals surface area contributed by atoms with Crippen LogP contribution in [-0.4, -0.2) is 36.1 Å². The SMILES string of the molecule is O[C@H](CN[C@H]1CCCC[C@H]1C(F)(F)F)C(F)(F)F. The third-order valence-corrected chi connectivity index (χ3v) is 3.14. The molecule has 0 unspecified atom stereocenters. The molecule has 1 fully saturated rings. The highest BCUT2D eigenvalue weighted by Gasteiger charge is 2.46. The molecule has 0 radical (unpaired) electrons. The van der Waals surface area contributed by atoms with E-state index in [1.54, 1.807) is 0 Å². The summed E-state index contributed by atoms with van der Waals surface area (Å²) in [4.78, 5) is 0. The second-order valence-corrected chi connectivity index (χ2v) is 4.50. The van der Waals surface area contributed by atoms with Crippen molar-refractivity contribution in [1.82, 2.24) is 5.32 Å². The largest absolute Gasteiger partial charge is 0.415 e. The van der Waals surface area contributed by atoms with Gasteiger partial charge < -0.3 is 10.4 Å². The smallest absolute Gasteiger partial charge is 0.382 e. The van der Waals surface area contributed by atoms with Crippen molar-refractivity contribution in [1.29, 1.82) is 0 Å². The van der Waals surface area contributed by atoms with E-state index in [0.717, 1.165) is 0 Å². The first-order valence-electron chi connectivity index (χ1n) is 5.67. The van der Waals surface area contributed by atoms with E-state index in [9.17, 15) is 26.3 Å². The van der Waals surface area contributed by atoms with Crippen LogP contribution in [-0.2, 0) is 0 Å². The van der Waals surface area contributed by atoms with Gasteiger partial charge in [0.15, 0.2) is 6.10 Å². The molecule has 2 N–H and O–H groups in total. The van der Waals surface area contributed by atoms with Gasteiger partial charge in [0, 0.05) is 12.6 Å².